The van der Waals surface area contributed by atoms with Gasteiger partial charge in [-0.3, -0.25) is 4.79 Å². The Morgan fingerprint density at radius 3 is 3.08 bits per heavy atom. The summed E-state index contributed by atoms with van der Waals surface area (Å²) in [6, 6.07) is 0. The number of nitrogens with zero attached hydrogens (tertiary/aromatic N) is 2. The van der Waals surface area contributed by atoms with Crippen LogP contribution in [-0.4, -0.2) is 29.1 Å². The normalized spacial score (nSPS) is 9.92. The maximum absolute atomic E-state index is 10.5. The lowest BCUT2D eigenvalue weighted by Gasteiger charge is -2.01. The van der Waals surface area contributed by atoms with Crippen LogP contribution >= 0.6 is 0 Å². The highest BCUT2D eigenvalue weighted by Gasteiger charge is 1.96. The van der Waals surface area contributed by atoms with Crippen LogP contribution in [0.3, 0.4) is 0 Å². The fraction of sp³-hybridized carbons (Fsp3) is 0.571. The zero-order valence-corrected chi connectivity index (χ0v) is 7.41. The Hall–Kier alpha value is -1.43. The molecule has 0 saturated heterocycles. The lowest BCUT2D eigenvalue weighted by atomic mass is 10.5. The number of aromatic nitrogens is 2. The highest BCUT2D eigenvalue weighted by atomic mass is 16.5. The standard InChI is InChI=1S/C7H12N4O2/c1-6(12)9-3-2-8-4-7-10-5-13-11-7/h5,8H,2-4H2,1H3,(H,9,12). The van der Waals surface area contributed by atoms with Crippen LogP contribution in [0.15, 0.2) is 10.9 Å². The summed E-state index contributed by atoms with van der Waals surface area (Å²) in [5.41, 5.74) is 0. The lowest BCUT2D eigenvalue weighted by Crippen LogP contribution is -2.30. The van der Waals surface area contributed by atoms with Crippen LogP contribution in [-0.2, 0) is 11.3 Å². The first-order valence-electron chi connectivity index (χ1n) is 3.99. The smallest absolute Gasteiger partial charge is 0.216 e. The van der Waals surface area contributed by atoms with Crippen molar-refractivity contribution in [1.29, 1.82) is 0 Å². The molecule has 1 amide bonds. The molecule has 0 spiro atoms. The highest BCUT2D eigenvalue weighted by Crippen LogP contribution is 1.84. The molecule has 0 aliphatic carbocycles. The van der Waals surface area contributed by atoms with Crippen LogP contribution < -0.4 is 10.6 Å². The second-order valence-electron chi connectivity index (χ2n) is 2.51. The molecule has 2 N–H and O–H groups in total. The Morgan fingerprint density at radius 2 is 2.46 bits per heavy atom. The summed E-state index contributed by atoms with van der Waals surface area (Å²) in [4.78, 5) is 14.3. The number of carbonyl (C=O) groups excluding carboxylic acids is 1. The van der Waals surface area contributed by atoms with Gasteiger partial charge in [-0.15, -0.1) is 0 Å². The Morgan fingerprint density at radius 1 is 1.62 bits per heavy atom. The Bertz CT molecular complexity index is 247. The van der Waals surface area contributed by atoms with Gasteiger partial charge in [0.25, 0.3) is 0 Å². The van der Waals surface area contributed by atoms with Crippen LogP contribution in [0.5, 0.6) is 0 Å². The molecule has 72 valence electrons. The van der Waals surface area contributed by atoms with Crippen molar-refractivity contribution >= 4 is 5.91 Å². The van der Waals surface area contributed by atoms with Gasteiger partial charge < -0.3 is 15.2 Å². The fourth-order valence-corrected chi connectivity index (χ4v) is 0.797. The molecule has 0 bridgehead atoms. The average Bonchev–Trinajstić information content (AvgIpc) is 2.55. The van der Waals surface area contributed by atoms with Gasteiger partial charge in [-0.1, -0.05) is 5.16 Å². The summed E-state index contributed by atoms with van der Waals surface area (Å²) in [6.07, 6.45) is 1.28. The van der Waals surface area contributed by atoms with Crippen molar-refractivity contribution in [1.82, 2.24) is 20.8 Å². The quantitative estimate of drug-likeness (QED) is 0.591. The molecule has 0 fully saturated rings. The van der Waals surface area contributed by atoms with Crippen molar-refractivity contribution in [3.05, 3.63) is 12.2 Å². The molecule has 0 aliphatic heterocycles. The zero-order valence-electron chi connectivity index (χ0n) is 7.41. The summed E-state index contributed by atoms with van der Waals surface area (Å²) < 4.78 is 4.54. The van der Waals surface area contributed by atoms with E-state index in [-0.39, 0.29) is 5.91 Å². The Kier molecular flexibility index (Phi) is 3.90. The minimum atomic E-state index is -0.0265. The molecule has 6 heteroatoms. The van der Waals surface area contributed by atoms with E-state index in [4.69, 9.17) is 0 Å². The first kappa shape index (κ1) is 9.66. The lowest BCUT2D eigenvalue weighted by molar-refractivity contribution is -0.118. The van der Waals surface area contributed by atoms with Gasteiger partial charge in [-0.2, -0.15) is 4.98 Å². The largest absolute Gasteiger partial charge is 0.355 e. The molecule has 1 rings (SSSR count). The molecule has 0 atom stereocenters. The van der Waals surface area contributed by atoms with Crippen molar-refractivity contribution in [2.45, 2.75) is 13.5 Å². The topological polar surface area (TPSA) is 80.0 Å². The van der Waals surface area contributed by atoms with Gasteiger partial charge in [0.1, 0.15) is 0 Å². The van der Waals surface area contributed by atoms with E-state index in [1.807, 2.05) is 0 Å². The monoisotopic (exact) mass is 184 g/mol. The third-order valence-corrected chi connectivity index (χ3v) is 1.37. The van der Waals surface area contributed by atoms with Gasteiger partial charge >= 0.3 is 0 Å². The molecule has 1 aromatic heterocycles. The van der Waals surface area contributed by atoms with Gasteiger partial charge in [0.15, 0.2) is 5.82 Å². The first-order chi connectivity index (χ1) is 6.29. The Balaban J connectivity index is 1.99. The van der Waals surface area contributed by atoms with Crippen LogP contribution in [0.1, 0.15) is 12.7 Å². The van der Waals surface area contributed by atoms with E-state index < -0.39 is 0 Å². The molecule has 6 nitrogen and oxygen atoms in total. The molecule has 1 heterocycles. The zero-order chi connectivity index (χ0) is 9.52. The molecule has 1 aromatic rings. The maximum Gasteiger partial charge on any atom is 0.216 e. The van der Waals surface area contributed by atoms with E-state index in [1.165, 1.54) is 13.3 Å². The van der Waals surface area contributed by atoms with Crippen LogP contribution in [0.2, 0.25) is 0 Å². The SMILES string of the molecule is CC(=O)NCCNCc1ncon1. The fourth-order valence-electron chi connectivity index (χ4n) is 0.797. The average molecular weight is 184 g/mol. The predicted molar refractivity (Wildman–Crippen MR) is 44.7 cm³/mol. The summed E-state index contributed by atoms with van der Waals surface area (Å²) >= 11 is 0. The second-order valence-corrected chi connectivity index (χ2v) is 2.51. The first-order valence-corrected chi connectivity index (χ1v) is 3.99. The predicted octanol–water partition coefficient (Wildman–Crippen LogP) is -0.705. The molecule has 0 aromatic carbocycles. The summed E-state index contributed by atoms with van der Waals surface area (Å²) in [5.74, 6) is 0.587. The third kappa shape index (κ3) is 4.22. The van der Waals surface area contributed by atoms with E-state index in [1.54, 1.807) is 0 Å². The van der Waals surface area contributed by atoms with Gasteiger partial charge in [-0.05, 0) is 0 Å². The number of carbonyl (C=O) groups is 1. The number of rotatable bonds is 5. The number of hydrogen-bond acceptors (Lipinski definition) is 5. The van der Waals surface area contributed by atoms with E-state index in [9.17, 15) is 4.79 Å². The molecule has 0 unspecified atom stereocenters. The molecule has 13 heavy (non-hydrogen) atoms. The Labute approximate surface area is 75.7 Å². The minimum Gasteiger partial charge on any atom is -0.355 e. The third-order valence-electron chi connectivity index (χ3n) is 1.37. The molecule has 0 saturated carbocycles. The van der Waals surface area contributed by atoms with Crippen molar-refractivity contribution in [3.63, 3.8) is 0 Å². The van der Waals surface area contributed by atoms with E-state index >= 15 is 0 Å². The van der Waals surface area contributed by atoms with Crippen molar-refractivity contribution in [3.8, 4) is 0 Å². The minimum absolute atomic E-state index is 0.0265. The number of hydrogen-bond donors (Lipinski definition) is 2. The molecule has 0 radical (unpaired) electrons. The summed E-state index contributed by atoms with van der Waals surface area (Å²) in [5, 5.41) is 9.32. The van der Waals surface area contributed by atoms with E-state index in [2.05, 4.69) is 25.3 Å². The van der Waals surface area contributed by atoms with Crippen molar-refractivity contribution in [2.75, 3.05) is 13.1 Å². The summed E-state index contributed by atoms with van der Waals surface area (Å²) in [6.45, 7) is 3.33. The number of nitrogens with one attached hydrogen (secondary N) is 2. The van der Waals surface area contributed by atoms with Crippen LogP contribution in [0, 0.1) is 0 Å². The van der Waals surface area contributed by atoms with E-state index in [0.29, 0.717) is 25.5 Å². The molecule has 0 aliphatic rings. The molecular formula is C7H12N4O2. The molecular weight excluding hydrogens is 172 g/mol. The van der Waals surface area contributed by atoms with Crippen LogP contribution in [0.4, 0.5) is 0 Å². The van der Waals surface area contributed by atoms with Crippen molar-refractivity contribution < 1.29 is 9.32 Å². The van der Waals surface area contributed by atoms with Crippen LogP contribution in [0.25, 0.3) is 0 Å². The highest BCUT2D eigenvalue weighted by molar-refractivity contribution is 5.72. The van der Waals surface area contributed by atoms with Gasteiger partial charge in [-0.25, -0.2) is 0 Å². The van der Waals surface area contributed by atoms with E-state index in [0.717, 1.165) is 0 Å². The number of amides is 1. The van der Waals surface area contributed by atoms with Gasteiger partial charge in [0.2, 0.25) is 12.3 Å². The maximum atomic E-state index is 10.5. The second kappa shape index (κ2) is 5.26. The van der Waals surface area contributed by atoms with Gasteiger partial charge in [0, 0.05) is 20.0 Å². The van der Waals surface area contributed by atoms with Crippen molar-refractivity contribution in [2.24, 2.45) is 0 Å². The summed E-state index contributed by atoms with van der Waals surface area (Å²) in [7, 11) is 0. The van der Waals surface area contributed by atoms with Gasteiger partial charge in [0.05, 0.1) is 6.54 Å².